The average molecular weight is 173 g/mol. The first-order valence-corrected chi connectivity index (χ1v) is 5.25. The van der Waals surface area contributed by atoms with E-state index in [2.05, 4.69) is 30.0 Å². The molecule has 0 N–H and O–H groups in total. The molecule has 1 aromatic rings. The minimum Gasteiger partial charge on any atom is -0.147 e. The fourth-order valence-corrected chi connectivity index (χ4v) is 2.74. The van der Waals surface area contributed by atoms with E-state index in [0.717, 1.165) is 12.2 Å². The average Bonchev–Trinajstić information content (AvgIpc) is 2.64. The second-order valence-corrected chi connectivity index (χ2v) is 4.14. The van der Waals surface area contributed by atoms with Gasteiger partial charge in [-0.15, -0.1) is 11.8 Å². The third-order valence-corrected chi connectivity index (χ3v) is 3.38. The van der Waals surface area contributed by atoms with Crippen LogP contribution in [0, 0.1) is 5.75 Å². The highest BCUT2D eigenvalue weighted by atomic mass is 32.2. The predicted octanol–water partition coefficient (Wildman–Crippen LogP) is 3.01. The monoisotopic (exact) mass is 173 g/mol. The molecule has 2 aliphatic rings. The molecule has 59 valence electrons. The molecule has 0 saturated heterocycles. The predicted molar refractivity (Wildman–Crippen MR) is 53.9 cm³/mol. The van der Waals surface area contributed by atoms with Gasteiger partial charge >= 0.3 is 0 Å². The van der Waals surface area contributed by atoms with Gasteiger partial charge < -0.3 is 0 Å². The Labute approximate surface area is 76.7 Å². The van der Waals surface area contributed by atoms with E-state index in [1.807, 2.05) is 11.8 Å². The highest BCUT2D eigenvalue weighted by Crippen LogP contribution is 2.35. The number of hydrogen-bond donors (Lipinski definition) is 0. The minimum absolute atomic E-state index is 1.13. The summed E-state index contributed by atoms with van der Waals surface area (Å²) in [6.07, 6.45) is 5.60. The third-order valence-electron chi connectivity index (χ3n) is 2.49. The number of benzene rings is 1. The Kier molecular flexibility index (Phi) is 1.36. The molecule has 0 nitrogen and oxygen atoms in total. The standard InChI is InChI=1S/C11H9S/c1-2-8-4-10-6-12-7-11(10)5-9(8)3-1/h1-2,4-5,7H,3,6H2. The van der Waals surface area contributed by atoms with Crippen molar-refractivity contribution in [1.29, 1.82) is 0 Å². The molecule has 1 aromatic carbocycles. The van der Waals surface area contributed by atoms with Crippen LogP contribution >= 0.6 is 11.8 Å². The molecule has 0 bridgehead atoms. The molecule has 1 aliphatic heterocycles. The van der Waals surface area contributed by atoms with Crippen molar-refractivity contribution in [2.24, 2.45) is 0 Å². The topological polar surface area (TPSA) is 0 Å². The maximum absolute atomic E-state index is 2.34. The Morgan fingerprint density at radius 3 is 3.00 bits per heavy atom. The highest BCUT2D eigenvalue weighted by molar-refractivity contribution is 8.01. The zero-order chi connectivity index (χ0) is 7.97. The molecular formula is C11H9S. The summed E-state index contributed by atoms with van der Waals surface area (Å²) in [6, 6.07) is 4.68. The Morgan fingerprint density at radius 1 is 1.08 bits per heavy atom. The van der Waals surface area contributed by atoms with Gasteiger partial charge in [0.15, 0.2) is 0 Å². The molecule has 12 heavy (non-hydrogen) atoms. The molecule has 0 unspecified atom stereocenters. The largest absolute Gasteiger partial charge is 0.147 e. The highest BCUT2D eigenvalue weighted by Gasteiger charge is 2.15. The van der Waals surface area contributed by atoms with E-state index >= 15 is 0 Å². The van der Waals surface area contributed by atoms with Crippen LogP contribution in [0.3, 0.4) is 0 Å². The first-order valence-electron chi connectivity index (χ1n) is 4.21. The van der Waals surface area contributed by atoms with Crippen LogP contribution in [-0.2, 0) is 12.2 Å². The maximum Gasteiger partial charge on any atom is 0.0463 e. The second-order valence-electron chi connectivity index (χ2n) is 3.29. The molecule has 0 fully saturated rings. The van der Waals surface area contributed by atoms with Crippen LogP contribution < -0.4 is 0 Å². The SMILES string of the molecule is [CH]1SCc2cc3c(cc21)CC=C3. The molecule has 0 amide bonds. The fraction of sp³-hybridized carbons (Fsp3) is 0.182. The molecule has 0 saturated carbocycles. The van der Waals surface area contributed by atoms with Crippen molar-refractivity contribution < 1.29 is 0 Å². The smallest absolute Gasteiger partial charge is 0.0463 e. The lowest BCUT2D eigenvalue weighted by molar-refractivity contribution is 1.27. The molecule has 0 aromatic heterocycles. The van der Waals surface area contributed by atoms with Crippen LogP contribution in [0.4, 0.5) is 0 Å². The number of allylic oxidation sites excluding steroid dienone is 1. The van der Waals surface area contributed by atoms with Crippen molar-refractivity contribution in [3.63, 3.8) is 0 Å². The van der Waals surface area contributed by atoms with Gasteiger partial charge in [0.2, 0.25) is 0 Å². The summed E-state index contributed by atoms with van der Waals surface area (Å²) in [6.45, 7) is 0. The first kappa shape index (κ1) is 6.79. The van der Waals surface area contributed by atoms with E-state index in [0.29, 0.717) is 0 Å². The van der Waals surface area contributed by atoms with Gasteiger partial charge in [-0.05, 0) is 28.7 Å². The lowest BCUT2D eigenvalue weighted by Gasteiger charge is -2.02. The van der Waals surface area contributed by atoms with Gasteiger partial charge in [0.1, 0.15) is 0 Å². The summed E-state index contributed by atoms with van der Waals surface area (Å²) >= 11 is 1.91. The van der Waals surface area contributed by atoms with Crippen molar-refractivity contribution in [2.45, 2.75) is 12.2 Å². The summed E-state index contributed by atoms with van der Waals surface area (Å²) in [5.74, 6) is 3.43. The quantitative estimate of drug-likeness (QED) is 0.581. The molecule has 1 heterocycles. The zero-order valence-corrected chi connectivity index (χ0v) is 7.53. The maximum atomic E-state index is 2.34. The molecule has 1 heteroatoms. The van der Waals surface area contributed by atoms with E-state index in [4.69, 9.17) is 0 Å². The van der Waals surface area contributed by atoms with Gasteiger partial charge in [-0.3, -0.25) is 0 Å². The molecule has 1 radical (unpaired) electrons. The van der Waals surface area contributed by atoms with Crippen LogP contribution in [-0.4, -0.2) is 0 Å². The fourth-order valence-electron chi connectivity index (χ4n) is 1.83. The normalized spacial score (nSPS) is 18.0. The Hall–Kier alpha value is -0.690. The van der Waals surface area contributed by atoms with Crippen molar-refractivity contribution in [3.05, 3.63) is 46.2 Å². The van der Waals surface area contributed by atoms with E-state index < -0.39 is 0 Å². The number of hydrogen-bond acceptors (Lipinski definition) is 1. The Balaban J connectivity index is 2.23. The Bertz CT molecular complexity index is 363. The first-order chi connectivity index (χ1) is 5.93. The van der Waals surface area contributed by atoms with E-state index in [1.165, 1.54) is 22.3 Å². The van der Waals surface area contributed by atoms with Gasteiger partial charge in [0.25, 0.3) is 0 Å². The molecule has 1 aliphatic carbocycles. The zero-order valence-electron chi connectivity index (χ0n) is 6.71. The summed E-state index contributed by atoms with van der Waals surface area (Å²) in [4.78, 5) is 0. The van der Waals surface area contributed by atoms with Crippen molar-refractivity contribution >= 4 is 17.8 Å². The van der Waals surface area contributed by atoms with Crippen LogP contribution in [0.25, 0.3) is 6.08 Å². The number of rotatable bonds is 0. The van der Waals surface area contributed by atoms with Crippen molar-refractivity contribution in [2.75, 3.05) is 0 Å². The lowest BCUT2D eigenvalue weighted by Crippen LogP contribution is -1.87. The molecule has 3 rings (SSSR count). The van der Waals surface area contributed by atoms with E-state index in [1.54, 1.807) is 0 Å². The summed E-state index contributed by atoms with van der Waals surface area (Å²) < 4.78 is 0. The van der Waals surface area contributed by atoms with Crippen LogP contribution in [0.15, 0.2) is 18.2 Å². The van der Waals surface area contributed by atoms with Crippen LogP contribution in [0.5, 0.6) is 0 Å². The van der Waals surface area contributed by atoms with Gasteiger partial charge in [-0.2, -0.15) is 0 Å². The lowest BCUT2D eigenvalue weighted by atomic mass is 10.0. The van der Waals surface area contributed by atoms with Crippen molar-refractivity contribution in [1.82, 2.24) is 0 Å². The van der Waals surface area contributed by atoms with Crippen LogP contribution in [0.2, 0.25) is 0 Å². The number of thioether (sulfide) groups is 1. The summed E-state index contributed by atoms with van der Waals surface area (Å²) in [5, 5.41) is 0. The molecule has 0 spiro atoms. The minimum atomic E-state index is 1.13. The third kappa shape index (κ3) is 0.862. The molecule has 0 atom stereocenters. The second kappa shape index (κ2) is 2.40. The van der Waals surface area contributed by atoms with Crippen molar-refractivity contribution in [3.8, 4) is 0 Å². The van der Waals surface area contributed by atoms with Gasteiger partial charge in [-0.1, -0.05) is 24.3 Å². The summed E-state index contributed by atoms with van der Waals surface area (Å²) in [7, 11) is 0. The molecular weight excluding hydrogens is 164 g/mol. The summed E-state index contributed by atoms with van der Waals surface area (Å²) in [5.41, 5.74) is 5.88. The van der Waals surface area contributed by atoms with Gasteiger partial charge in [-0.25, -0.2) is 0 Å². The van der Waals surface area contributed by atoms with Gasteiger partial charge in [0, 0.05) is 11.5 Å². The number of fused-ring (bicyclic) bond motifs is 2. The van der Waals surface area contributed by atoms with E-state index in [-0.39, 0.29) is 0 Å². The Morgan fingerprint density at radius 2 is 2.00 bits per heavy atom. The van der Waals surface area contributed by atoms with E-state index in [9.17, 15) is 0 Å². The van der Waals surface area contributed by atoms with Gasteiger partial charge in [0.05, 0.1) is 0 Å². The van der Waals surface area contributed by atoms with Crippen LogP contribution in [0.1, 0.15) is 22.3 Å².